The number of rotatable bonds is 1. The first-order valence-electron chi connectivity index (χ1n) is 4.88. The van der Waals surface area contributed by atoms with E-state index in [0.29, 0.717) is 26.3 Å². The van der Waals surface area contributed by atoms with Crippen LogP contribution in [0.2, 0.25) is 0 Å². The summed E-state index contributed by atoms with van der Waals surface area (Å²) in [5.41, 5.74) is 0.0550. The fourth-order valence-electron chi connectivity index (χ4n) is 1.62. The fraction of sp³-hybridized carbons (Fsp3) is 0.667. The van der Waals surface area contributed by atoms with Gasteiger partial charge in [0.25, 0.3) is 5.91 Å². The number of hydrogen-bond acceptors (Lipinski definition) is 5. The first-order chi connectivity index (χ1) is 7.18. The van der Waals surface area contributed by atoms with Gasteiger partial charge in [-0.25, -0.2) is 0 Å². The average molecular weight is 211 g/mol. The molecule has 0 radical (unpaired) electrons. The zero-order chi connectivity index (χ0) is 10.8. The summed E-state index contributed by atoms with van der Waals surface area (Å²) in [5, 5.41) is 5.40. The molecule has 0 aromatic rings. The van der Waals surface area contributed by atoms with Gasteiger partial charge in [0.2, 0.25) is 5.78 Å². The van der Waals surface area contributed by atoms with Gasteiger partial charge in [0.05, 0.1) is 13.2 Å². The lowest BCUT2D eigenvalue weighted by atomic mass is 10.2. The molecular weight excluding hydrogens is 198 g/mol. The number of likely N-dealkylation sites (N-methyl/N-ethyl adjacent to an activating group) is 1. The quantitative estimate of drug-likeness (QED) is 0.541. The van der Waals surface area contributed by atoms with Crippen molar-refractivity contribution in [3.63, 3.8) is 0 Å². The maximum absolute atomic E-state index is 11.8. The highest BCUT2D eigenvalue weighted by Crippen LogP contribution is 2.05. The van der Waals surface area contributed by atoms with E-state index in [2.05, 4.69) is 5.10 Å². The summed E-state index contributed by atoms with van der Waals surface area (Å²) in [6.45, 7) is 2.33. The summed E-state index contributed by atoms with van der Waals surface area (Å²) in [5.74, 6) is -0.471. The van der Waals surface area contributed by atoms with Crippen LogP contribution in [0.15, 0.2) is 5.10 Å². The zero-order valence-corrected chi connectivity index (χ0v) is 8.60. The minimum Gasteiger partial charge on any atom is -0.378 e. The highest BCUT2D eigenvalue weighted by Gasteiger charge is 2.31. The van der Waals surface area contributed by atoms with E-state index in [1.165, 1.54) is 5.01 Å². The summed E-state index contributed by atoms with van der Waals surface area (Å²) < 4.78 is 5.13. The van der Waals surface area contributed by atoms with Gasteiger partial charge in [-0.2, -0.15) is 5.10 Å². The average Bonchev–Trinajstić information content (AvgIpc) is 2.58. The Kier molecular flexibility index (Phi) is 2.68. The molecule has 0 aliphatic carbocycles. The van der Waals surface area contributed by atoms with Gasteiger partial charge in [0.1, 0.15) is 6.54 Å². The van der Waals surface area contributed by atoms with Crippen LogP contribution in [0.3, 0.4) is 0 Å². The van der Waals surface area contributed by atoms with Crippen molar-refractivity contribution in [1.29, 1.82) is 0 Å². The van der Waals surface area contributed by atoms with Gasteiger partial charge in [-0.3, -0.25) is 14.6 Å². The van der Waals surface area contributed by atoms with Gasteiger partial charge in [0, 0.05) is 20.1 Å². The van der Waals surface area contributed by atoms with Crippen LogP contribution in [-0.4, -0.2) is 67.2 Å². The predicted octanol–water partition coefficient (Wildman–Crippen LogP) is -1.28. The number of hydrazone groups is 1. The standard InChI is InChI=1S/C9H13N3O3/c1-11-6-7(13)8(10-11)9(14)12-2-4-15-5-3-12/h2-6H2,1H3. The molecule has 2 aliphatic rings. The molecule has 2 aliphatic heterocycles. The van der Waals surface area contributed by atoms with E-state index in [-0.39, 0.29) is 23.9 Å². The van der Waals surface area contributed by atoms with Gasteiger partial charge >= 0.3 is 0 Å². The second-order valence-corrected chi connectivity index (χ2v) is 3.59. The van der Waals surface area contributed by atoms with Gasteiger partial charge < -0.3 is 9.64 Å². The van der Waals surface area contributed by atoms with Crippen LogP contribution in [0, 0.1) is 0 Å². The number of ketones is 1. The second kappa shape index (κ2) is 3.98. The molecule has 0 aromatic carbocycles. The number of ether oxygens (including phenoxy) is 1. The number of morpholine rings is 1. The van der Waals surface area contributed by atoms with E-state index in [1.807, 2.05) is 0 Å². The molecule has 0 bridgehead atoms. The Morgan fingerprint density at radius 2 is 2.07 bits per heavy atom. The molecular formula is C9H13N3O3. The maximum atomic E-state index is 11.8. The maximum Gasteiger partial charge on any atom is 0.278 e. The first-order valence-corrected chi connectivity index (χ1v) is 4.88. The van der Waals surface area contributed by atoms with Crippen LogP contribution in [0.5, 0.6) is 0 Å². The highest BCUT2D eigenvalue weighted by molar-refractivity contribution is 6.66. The third-order valence-electron chi connectivity index (χ3n) is 2.41. The molecule has 0 N–H and O–H groups in total. The largest absolute Gasteiger partial charge is 0.378 e. The predicted molar refractivity (Wildman–Crippen MR) is 52.5 cm³/mol. The number of hydrogen-bond donors (Lipinski definition) is 0. The van der Waals surface area contributed by atoms with Crippen molar-refractivity contribution in [2.45, 2.75) is 0 Å². The summed E-state index contributed by atoms with van der Waals surface area (Å²) >= 11 is 0. The number of carbonyl (C=O) groups excluding carboxylic acids is 2. The molecule has 82 valence electrons. The van der Waals surface area contributed by atoms with E-state index in [1.54, 1.807) is 11.9 Å². The number of nitrogens with zero attached hydrogens (tertiary/aromatic N) is 3. The normalized spacial score (nSPS) is 21.9. The number of amides is 1. The molecule has 0 saturated carbocycles. The Bertz CT molecular complexity index is 321. The minimum absolute atomic E-state index is 0.0550. The molecule has 0 unspecified atom stereocenters. The SMILES string of the molecule is CN1CC(=O)C(C(=O)N2CCOCC2)=N1. The third-order valence-corrected chi connectivity index (χ3v) is 2.41. The van der Waals surface area contributed by atoms with Gasteiger partial charge in [-0.1, -0.05) is 0 Å². The molecule has 2 heterocycles. The van der Waals surface area contributed by atoms with Crippen molar-refractivity contribution in [3.8, 4) is 0 Å². The Balaban J connectivity index is 2.06. The van der Waals surface area contributed by atoms with Crippen LogP contribution in [0.1, 0.15) is 0 Å². The summed E-state index contributed by atoms with van der Waals surface area (Å²) in [6, 6.07) is 0. The summed E-state index contributed by atoms with van der Waals surface area (Å²) in [7, 11) is 1.68. The molecule has 0 atom stereocenters. The van der Waals surface area contributed by atoms with E-state index in [0.717, 1.165) is 0 Å². The monoisotopic (exact) mass is 211 g/mol. The lowest BCUT2D eigenvalue weighted by molar-refractivity contribution is -0.128. The van der Waals surface area contributed by atoms with E-state index in [4.69, 9.17) is 4.74 Å². The molecule has 0 aromatic heterocycles. The van der Waals surface area contributed by atoms with Crippen LogP contribution >= 0.6 is 0 Å². The Labute approximate surface area is 87.5 Å². The molecule has 1 saturated heterocycles. The Hall–Kier alpha value is -1.43. The van der Waals surface area contributed by atoms with Crippen molar-refractivity contribution in [1.82, 2.24) is 9.91 Å². The molecule has 6 nitrogen and oxygen atoms in total. The summed E-state index contributed by atoms with van der Waals surface area (Å²) in [4.78, 5) is 24.9. The van der Waals surface area contributed by atoms with Gasteiger partial charge in [-0.15, -0.1) is 0 Å². The van der Waals surface area contributed by atoms with Crippen molar-refractivity contribution < 1.29 is 14.3 Å². The molecule has 6 heteroatoms. The topological polar surface area (TPSA) is 62.2 Å². The second-order valence-electron chi connectivity index (χ2n) is 3.59. The third kappa shape index (κ3) is 1.99. The zero-order valence-electron chi connectivity index (χ0n) is 8.60. The summed E-state index contributed by atoms with van der Waals surface area (Å²) in [6.07, 6.45) is 0. The first kappa shape index (κ1) is 10.1. The molecule has 2 rings (SSSR count). The van der Waals surface area contributed by atoms with Gasteiger partial charge in [-0.05, 0) is 0 Å². The smallest absolute Gasteiger partial charge is 0.278 e. The molecule has 15 heavy (non-hydrogen) atoms. The van der Waals surface area contributed by atoms with Crippen LogP contribution in [-0.2, 0) is 14.3 Å². The van der Waals surface area contributed by atoms with Crippen molar-refractivity contribution in [3.05, 3.63) is 0 Å². The number of carbonyl (C=O) groups is 2. The fourth-order valence-corrected chi connectivity index (χ4v) is 1.62. The lowest BCUT2D eigenvalue weighted by Crippen LogP contribution is -2.45. The van der Waals surface area contributed by atoms with Crippen LogP contribution < -0.4 is 0 Å². The minimum atomic E-state index is -0.271. The lowest BCUT2D eigenvalue weighted by Gasteiger charge is -2.26. The Morgan fingerprint density at radius 3 is 2.60 bits per heavy atom. The Morgan fingerprint density at radius 1 is 1.40 bits per heavy atom. The highest BCUT2D eigenvalue weighted by atomic mass is 16.5. The molecule has 0 spiro atoms. The molecule has 1 fully saturated rings. The van der Waals surface area contributed by atoms with Crippen LogP contribution in [0.4, 0.5) is 0 Å². The number of Topliss-reactive ketones (excluding diaryl/α,β-unsaturated/α-hetero) is 1. The van der Waals surface area contributed by atoms with Crippen molar-refractivity contribution in [2.24, 2.45) is 5.10 Å². The van der Waals surface area contributed by atoms with Crippen molar-refractivity contribution in [2.75, 3.05) is 39.9 Å². The van der Waals surface area contributed by atoms with E-state index in [9.17, 15) is 9.59 Å². The van der Waals surface area contributed by atoms with Crippen LogP contribution in [0.25, 0.3) is 0 Å². The van der Waals surface area contributed by atoms with E-state index < -0.39 is 0 Å². The van der Waals surface area contributed by atoms with E-state index >= 15 is 0 Å². The van der Waals surface area contributed by atoms with Gasteiger partial charge in [0.15, 0.2) is 5.71 Å². The molecule has 1 amide bonds. The van der Waals surface area contributed by atoms with Crippen molar-refractivity contribution >= 4 is 17.4 Å².